The number of benzene rings is 1. The Bertz CT molecular complexity index is 384. The van der Waals surface area contributed by atoms with Crippen molar-refractivity contribution < 1.29 is 4.39 Å². The molecule has 2 rings (SSSR count). The van der Waals surface area contributed by atoms with Gasteiger partial charge in [0.25, 0.3) is 0 Å². The highest BCUT2D eigenvalue weighted by Crippen LogP contribution is 2.30. The van der Waals surface area contributed by atoms with Crippen LogP contribution >= 0.6 is 35.6 Å². The Labute approximate surface area is 123 Å². The molecule has 1 fully saturated rings. The van der Waals surface area contributed by atoms with Crippen LogP contribution in [0, 0.1) is 0 Å². The van der Waals surface area contributed by atoms with Gasteiger partial charge in [-0.1, -0.05) is 29.3 Å². The largest absolute Gasteiger partial charge is 0.314 e. The van der Waals surface area contributed by atoms with Gasteiger partial charge in [-0.25, -0.2) is 4.39 Å². The number of rotatable bonds is 3. The van der Waals surface area contributed by atoms with Gasteiger partial charge in [-0.15, -0.1) is 12.4 Å². The lowest BCUT2D eigenvalue weighted by Crippen LogP contribution is -2.45. The third-order valence-corrected chi connectivity index (χ3v) is 3.62. The Morgan fingerprint density at radius 3 is 2.50 bits per heavy atom. The van der Waals surface area contributed by atoms with Crippen molar-refractivity contribution >= 4 is 35.6 Å². The van der Waals surface area contributed by atoms with Crippen LogP contribution in [0.4, 0.5) is 4.39 Å². The Morgan fingerprint density at radius 2 is 1.94 bits per heavy atom. The predicted octanol–water partition coefficient (Wildman–Crippen LogP) is 3.33. The first-order valence-electron chi connectivity index (χ1n) is 5.68. The first-order valence-corrected chi connectivity index (χ1v) is 6.43. The second-order valence-corrected chi connectivity index (χ2v) is 4.97. The Hall–Kier alpha value is -0.0600. The summed E-state index contributed by atoms with van der Waals surface area (Å²) in [7, 11) is 0. The van der Waals surface area contributed by atoms with Crippen LogP contribution in [0.2, 0.25) is 10.0 Å². The van der Waals surface area contributed by atoms with Crippen molar-refractivity contribution in [3.63, 3.8) is 0 Å². The van der Waals surface area contributed by atoms with Crippen molar-refractivity contribution in [1.82, 2.24) is 10.2 Å². The summed E-state index contributed by atoms with van der Waals surface area (Å²) in [5.74, 6) is 0. The minimum atomic E-state index is -0.429. The molecule has 18 heavy (non-hydrogen) atoms. The van der Waals surface area contributed by atoms with Gasteiger partial charge in [-0.3, -0.25) is 4.90 Å². The summed E-state index contributed by atoms with van der Waals surface area (Å²) in [6.45, 7) is 3.03. The summed E-state index contributed by atoms with van der Waals surface area (Å²) in [6, 6.07) is 4.98. The maximum Gasteiger partial charge on any atom is 0.109 e. The topological polar surface area (TPSA) is 15.3 Å². The van der Waals surface area contributed by atoms with E-state index in [1.165, 1.54) is 0 Å². The molecule has 0 aliphatic carbocycles. The van der Waals surface area contributed by atoms with Crippen LogP contribution in [-0.4, -0.2) is 37.8 Å². The third-order valence-electron chi connectivity index (χ3n) is 3.06. The molecule has 6 heteroatoms. The van der Waals surface area contributed by atoms with E-state index in [0.29, 0.717) is 10.0 Å². The van der Waals surface area contributed by atoms with E-state index in [2.05, 4.69) is 10.2 Å². The maximum atomic E-state index is 13.3. The summed E-state index contributed by atoms with van der Waals surface area (Å²) >= 11 is 12.0. The minimum absolute atomic E-state index is 0. The fourth-order valence-corrected chi connectivity index (χ4v) is 2.68. The molecule has 1 saturated heterocycles. The highest BCUT2D eigenvalue weighted by molar-refractivity contribution is 6.35. The van der Waals surface area contributed by atoms with Gasteiger partial charge in [-0.05, 0) is 17.7 Å². The van der Waals surface area contributed by atoms with Crippen LogP contribution < -0.4 is 5.32 Å². The lowest BCUT2D eigenvalue weighted by atomic mass is 10.1. The lowest BCUT2D eigenvalue weighted by Gasteiger charge is -2.34. The number of nitrogens with one attached hydrogen (secondary N) is 1. The fourth-order valence-electron chi connectivity index (χ4n) is 2.14. The van der Waals surface area contributed by atoms with Crippen LogP contribution in [0.15, 0.2) is 18.2 Å². The molecule has 1 heterocycles. The Balaban J connectivity index is 0.00000162. The van der Waals surface area contributed by atoms with Gasteiger partial charge in [-0.2, -0.15) is 0 Å². The van der Waals surface area contributed by atoms with E-state index in [4.69, 9.17) is 23.2 Å². The van der Waals surface area contributed by atoms with Crippen molar-refractivity contribution in [1.29, 1.82) is 0 Å². The second-order valence-electron chi connectivity index (χ2n) is 4.12. The highest BCUT2D eigenvalue weighted by Gasteiger charge is 2.23. The normalized spacial score (nSPS) is 18.2. The zero-order chi connectivity index (χ0) is 12.3. The summed E-state index contributed by atoms with van der Waals surface area (Å²) in [6.07, 6.45) is 0. The monoisotopic (exact) mass is 312 g/mol. The quantitative estimate of drug-likeness (QED) is 0.921. The summed E-state index contributed by atoms with van der Waals surface area (Å²) in [5, 5.41) is 4.37. The molecular formula is C12H16Cl3FN2. The zero-order valence-corrected chi connectivity index (χ0v) is 12.2. The molecule has 1 atom stereocenters. The second kappa shape index (κ2) is 7.51. The van der Waals surface area contributed by atoms with E-state index in [1.807, 2.05) is 6.07 Å². The number of piperazine rings is 1. The first-order chi connectivity index (χ1) is 8.22. The van der Waals surface area contributed by atoms with E-state index < -0.39 is 6.67 Å². The van der Waals surface area contributed by atoms with Gasteiger partial charge in [0.15, 0.2) is 0 Å². The molecule has 0 radical (unpaired) electrons. The van der Waals surface area contributed by atoms with Crippen molar-refractivity contribution in [2.24, 2.45) is 0 Å². The molecule has 1 aliphatic rings. The minimum Gasteiger partial charge on any atom is -0.314 e. The first kappa shape index (κ1) is 16.0. The fraction of sp³-hybridized carbons (Fsp3) is 0.500. The van der Waals surface area contributed by atoms with E-state index >= 15 is 0 Å². The van der Waals surface area contributed by atoms with Gasteiger partial charge in [0.05, 0.1) is 6.04 Å². The maximum absolute atomic E-state index is 13.3. The third kappa shape index (κ3) is 3.72. The molecule has 0 unspecified atom stereocenters. The molecule has 1 N–H and O–H groups in total. The molecule has 1 aliphatic heterocycles. The van der Waals surface area contributed by atoms with Gasteiger partial charge >= 0.3 is 0 Å². The molecule has 0 saturated carbocycles. The SMILES string of the molecule is Cl.FC[C@H](c1ccc(Cl)cc1Cl)N1CCNCC1. The number of halogens is 4. The molecule has 102 valence electrons. The van der Waals surface area contributed by atoms with E-state index in [0.717, 1.165) is 31.7 Å². The molecule has 0 amide bonds. The van der Waals surface area contributed by atoms with E-state index in [-0.39, 0.29) is 18.4 Å². The van der Waals surface area contributed by atoms with Crippen molar-refractivity contribution in [3.8, 4) is 0 Å². The van der Waals surface area contributed by atoms with Gasteiger partial charge in [0.2, 0.25) is 0 Å². The molecule has 1 aromatic carbocycles. The van der Waals surface area contributed by atoms with Crippen LogP contribution in [0.5, 0.6) is 0 Å². The summed E-state index contributed by atoms with van der Waals surface area (Å²) in [5.41, 5.74) is 0.820. The average molecular weight is 314 g/mol. The zero-order valence-electron chi connectivity index (χ0n) is 9.83. The number of nitrogens with zero attached hydrogens (tertiary/aromatic N) is 1. The predicted molar refractivity (Wildman–Crippen MR) is 76.9 cm³/mol. The van der Waals surface area contributed by atoms with Gasteiger partial charge in [0, 0.05) is 36.2 Å². The molecule has 2 nitrogen and oxygen atoms in total. The molecule has 1 aromatic rings. The smallest absolute Gasteiger partial charge is 0.109 e. The average Bonchev–Trinajstić information content (AvgIpc) is 2.34. The summed E-state index contributed by atoms with van der Waals surface area (Å²) < 4.78 is 13.3. The van der Waals surface area contributed by atoms with Crippen LogP contribution in [0.1, 0.15) is 11.6 Å². The van der Waals surface area contributed by atoms with Crippen molar-refractivity contribution in [2.45, 2.75) is 6.04 Å². The molecule has 0 bridgehead atoms. The van der Waals surface area contributed by atoms with Gasteiger partial charge < -0.3 is 5.32 Å². The van der Waals surface area contributed by atoms with E-state index in [1.54, 1.807) is 12.1 Å². The van der Waals surface area contributed by atoms with Crippen LogP contribution in [-0.2, 0) is 0 Å². The standard InChI is InChI=1S/C12H15Cl2FN2.ClH/c13-9-1-2-10(11(14)7-9)12(8-15)17-5-3-16-4-6-17;/h1-2,7,12,16H,3-6,8H2;1H/t12-;/m1./s1. The van der Waals surface area contributed by atoms with Crippen LogP contribution in [0.25, 0.3) is 0 Å². The Morgan fingerprint density at radius 1 is 1.28 bits per heavy atom. The van der Waals surface area contributed by atoms with E-state index in [9.17, 15) is 4.39 Å². The number of alkyl halides is 1. The summed E-state index contributed by atoms with van der Waals surface area (Å²) in [4.78, 5) is 2.12. The highest BCUT2D eigenvalue weighted by atomic mass is 35.5. The van der Waals surface area contributed by atoms with Crippen molar-refractivity contribution in [3.05, 3.63) is 33.8 Å². The Kier molecular flexibility index (Phi) is 6.67. The molecular weight excluding hydrogens is 298 g/mol. The van der Waals surface area contributed by atoms with Crippen molar-refractivity contribution in [2.75, 3.05) is 32.9 Å². The molecule has 0 aromatic heterocycles. The number of hydrogen-bond donors (Lipinski definition) is 1. The molecule has 0 spiro atoms. The van der Waals surface area contributed by atoms with Gasteiger partial charge in [0.1, 0.15) is 6.67 Å². The number of hydrogen-bond acceptors (Lipinski definition) is 2. The van der Waals surface area contributed by atoms with Crippen LogP contribution in [0.3, 0.4) is 0 Å². The lowest BCUT2D eigenvalue weighted by molar-refractivity contribution is 0.147.